The Morgan fingerprint density at radius 3 is 1.72 bits per heavy atom. The Kier molecular flexibility index (Phi) is 7.09. The third-order valence-corrected chi connectivity index (χ3v) is 7.95. The first-order chi connectivity index (χ1) is 17.1. The molecule has 4 rings (SSSR count). The zero-order chi connectivity index (χ0) is 25.8. The van der Waals surface area contributed by atoms with E-state index >= 15 is 0 Å². The number of aryl methyl sites for hydroxylation is 1. The fourth-order valence-electron chi connectivity index (χ4n) is 3.30. The number of amides is 1. The third-order valence-electron chi connectivity index (χ3n) is 5.16. The van der Waals surface area contributed by atoms with Crippen LogP contribution in [0.25, 0.3) is 0 Å². The standard InChI is InChI=1S/C26H23N3O5S2/c1-19-10-14-24(15-11-19)36(33,34)29-23-9-5-6-20(18-23)26(30)27-21-12-16-25(17-13-21)35(31,32)28-22-7-3-2-4-8-22/h2-18,28-29H,1H3,(H,27,30). The summed E-state index contributed by atoms with van der Waals surface area (Å²) in [6, 6.07) is 26.7. The van der Waals surface area contributed by atoms with Crippen LogP contribution < -0.4 is 14.8 Å². The van der Waals surface area contributed by atoms with Gasteiger partial charge >= 0.3 is 0 Å². The number of hydrogen-bond acceptors (Lipinski definition) is 5. The normalized spacial score (nSPS) is 11.5. The number of hydrogen-bond donors (Lipinski definition) is 3. The summed E-state index contributed by atoms with van der Waals surface area (Å²) < 4.78 is 55.4. The van der Waals surface area contributed by atoms with Crippen molar-refractivity contribution in [1.29, 1.82) is 0 Å². The predicted molar refractivity (Wildman–Crippen MR) is 140 cm³/mol. The number of rotatable bonds is 8. The van der Waals surface area contributed by atoms with E-state index in [1.165, 1.54) is 42.5 Å². The van der Waals surface area contributed by atoms with E-state index in [0.717, 1.165) is 5.56 Å². The molecule has 4 aromatic carbocycles. The molecule has 0 unspecified atom stereocenters. The van der Waals surface area contributed by atoms with Gasteiger partial charge in [-0.3, -0.25) is 14.2 Å². The fourth-order valence-corrected chi connectivity index (χ4v) is 5.40. The number of para-hydroxylation sites is 1. The lowest BCUT2D eigenvalue weighted by Gasteiger charge is -2.11. The van der Waals surface area contributed by atoms with Crippen LogP contribution in [-0.2, 0) is 20.0 Å². The number of carbonyl (C=O) groups excluding carboxylic acids is 1. The summed E-state index contributed by atoms with van der Waals surface area (Å²) in [5.41, 5.74) is 2.21. The zero-order valence-electron chi connectivity index (χ0n) is 19.2. The maximum atomic E-state index is 12.7. The predicted octanol–water partition coefficient (Wildman–Crippen LogP) is 4.85. The van der Waals surface area contributed by atoms with Gasteiger partial charge in [0.25, 0.3) is 26.0 Å². The van der Waals surface area contributed by atoms with Gasteiger partial charge in [0, 0.05) is 22.6 Å². The van der Waals surface area contributed by atoms with Gasteiger partial charge in [0.05, 0.1) is 9.79 Å². The highest BCUT2D eigenvalue weighted by atomic mass is 32.2. The van der Waals surface area contributed by atoms with Gasteiger partial charge in [0.1, 0.15) is 0 Å². The summed E-state index contributed by atoms with van der Waals surface area (Å²) >= 11 is 0. The largest absolute Gasteiger partial charge is 0.322 e. The summed E-state index contributed by atoms with van der Waals surface area (Å²) in [5, 5.41) is 2.68. The van der Waals surface area contributed by atoms with Crippen LogP contribution in [0, 0.1) is 6.92 Å². The van der Waals surface area contributed by atoms with Gasteiger partial charge in [-0.1, -0.05) is 42.0 Å². The number of sulfonamides is 2. The van der Waals surface area contributed by atoms with Crippen molar-refractivity contribution in [1.82, 2.24) is 0 Å². The molecule has 3 N–H and O–H groups in total. The van der Waals surface area contributed by atoms with E-state index in [-0.39, 0.29) is 21.0 Å². The van der Waals surface area contributed by atoms with Crippen LogP contribution in [0.3, 0.4) is 0 Å². The van der Waals surface area contributed by atoms with Gasteiger partial charge < -0.3 is 5.32 Å². The van der Waals surface area contributed by atoms with Gasteiger partial charge in [-0.15, -0.1) is 0 Å². The van der Waals surface area contributed by atoms with Crippen LogP contribution in [0.4, 0.5) is 17.1 Å². The molecule has 184 valence electrons. The Bertz CT molecular complexity index is 1590. The molecule has 0 heterocycles. The van der Waals surface area contributed by atoms with E-state index in [9.17, 15) is 21.6 Å². The van der Waals surface area contributed by atoms with Crippen molar-refractivity contribution in [3.8, 4) is 0 Å². The van der Waals surface area contributed by atoms with Gasteiger partial charge in [0.15, 0.2) is 0 Å². The number of carbonyl (C=O) groups is 1. The lowest BCUT2D eigenvalue weighted by Crippen LogP contribution is -2.15. The molecule has 0 fully saturated rings. The minimum absolute atomic E-state index is 0.0388. The second-order valence-electron chi connectivity index (χ2n) is 7.95. The first-order valence-corrected chi connectivity index (χ1v) is 13.8. The Morgan fingerprint density at radius 1 is 0.583 bits per heavy atom. The summed E-state index contributed by atoms with van der Waals surface area (Å²) in [6.45, 7) is 1.86. The number of nitrogens with one attached hydrogen (secondary N) is 3. The van der Waals surface area contributed by atoms with E-state index in [2.05, 4.69) is 14.8 Å². The molecule has 10 heteroatoms. The molecule has 0 radical (unpaired) electrons. The molecule has 0 aliphatic heterocycles. The molecule has 0 aliphatic carbocycles. The topological polar surface area (TPSA) is 121 Å². The molecule has 0 bridgehead atoms. The van der Waals surface area contributed by atoms with Crippen LogP contribution in [0.5, 0.6) is 0 Å². The first kappa shape index (κ1) is 25.0. The summed E-state index contributed by atoms with van der Waals surface area (Å²) in [5.74, 6) is -0.482. The van der Waals surface area contributed by atoms with E-state index in [0.29, 0.717) is 11.4 Å². The van der Waals surface area contributed by atoms with Crippen molar-refractivity contribution in [2.24, 2.45) is 0 Å². The highest BCUT2D eigenvalue weighted by molar-refractivity contribution is 7.93. The molecular weight excluding hydrogens is 498 g/mol. The Labute approximate surface area is 210 Å². The Balaban J connectivity index is 1.44. The van der Waals surface area contributed by atoms with Gasteiger partial charge in [0.2, 0.25) is 0 Å². The van der Waals surface area contributed by atoms with Crippen LogP contribution in [0.15, 0.2) is 113 Å². The molecule has 0 aromatic heterocycles. The SMILES string of the molecule is Cc1ccc(S(=O)(=O)Nc2cccc(C(=O)Nc3ccc(S(=O)(=O)Nc4ccccc4)cc3)c2)cc1. The summed E-state index contributed by atoms with van der Waals surface area (Å²) in [6.07, 6.45) is 0. The smallest absolute Gasteiger partial charge is 0.261 e. The minimum atomic E-state index is -3.82. The average molecular weight is 522 g/mol. The Hall–Kier alpha value is -4.15. The molecule has 0 atom stereocenters. The minimum Gasteiger partial charge on any atom is -0.322 e. The maximum Gasteiger partial charge on any atom is 0.261 e. The van der Waals surface area contributed by atoms with Crippen molar-refractivity contribution < 1.29 is 21.6 Å². The Morgan fingerprint density at radius 2 is 1.11 bits per heavy atom. The van der Waals surface area contributed by atoms with Gasteiger partial charge in [-0.2, -0.15) is 0 Å². The molecule has 0 saturated carbocycles. The molecule has 8 nitrogen and oxygen atoms in total. The maximum absolute atomic E-state index is 12.7. The highest BCUT2D eigenvalue weighted by Gasteiger charge is 2.16. The fraction of sp³-hybridized carbons (Fsp3) is 0.0385. The molecule has 0 aliphatic rings. The van der Waals surface area contributed by atoms with Crippen molar-refractivity contribution in [2.45, 2.75) is 16.7 Å². The van der Waals surface area contributed by atoms with Crippen molar-refractivity contribution in [2.75, 3.05) is 14.8 Å². The van der Waals surface area contributed by atoms with E-state index in [1.54, 1.807) is 60.7 Å². The van der Waals surface area contributed by atoms with Crippen LogP contribution >= 0.6 is 0 Å². The summed E-state index contributed by atoms with van der Waals surface area (Å²) in [4.78, 5) is 12.9. The van der Waals surface area contributed by atoms with Crippen LogP contribution in [-0.4, -0.2) is 22.7 Å². The van der Waals surface area contributed by atoms with Gasteiger partial charge in [-0.05, 0) is 73.7 Å². The lowest BCUT2D eigenvalue weighted by molar-refractivity contribution is 0.102. The van der Waals surface area contributed by atoms with E-state index in [1.807, 2.05) is 6.92 Å². The van der Waals surface area contributed by atoms with Gasteiger partial charge in [-0.25, -0.2) is 16.8 Å². The highest BCUT2D eigenvalue weighted by Crippen LogP contribution is 2.21. The molecular formula is C26H23N3O5S2. The lowest BCUT2D eigenvalue weighted by atomic mass is 10.2. The van der Waals surface area contributed by atoms with E-state index < -0.39 is 26.0 Å². The molecule has 0 spiro atoms. The van der Waals surface area contributed by atoms with Crippen molar-refractivity contribution >= 4 is 43.0 Å². The van der Waals surface area contributed by atoms with E-state index in [4.69, 9.17) is 0 Å². The van der Waals surface area contributed by atoms with Crippen molar-refractivity contribution in [3.63, 3.8) is 0 Å². The van der Waals surface area contributed by atoms with Crippen LogP contribution in [0.2, 0.25) is 0 Å². The monoisotopic (exact) mass is 521 g/mol. The third kappa shape index (κ3) is 6.09. The first-order valence-electron chi connectivity index (χ1n) is 10.8. The number of anilines is 3. The van der Waals surface area contributed by atoms with Crippen molar-refractivity contribution in [3.05, 3.63) is 114 Å². The summed E-state index contributed by atoms with van der Waals surface area (Å²) in [7, 11) is -7.60. The number of benzene rings is 4. The second-order valence-corrected chi connectivity index (χ2v) is 11.3. The quantitative estimate of drug-likeness (QED) is 0.306. The molecule has 1 amide bonds. The molecule has 4 aromatic rings. The second kappa shape index (κ2) is 10.2. The zero-order valence-corrected chi connectivity index (χ0v) is 20.8. The molecule has 0 saturated heterocycles. The molecule has 36 heavy (non-hydrogen) atoms. The van der Waals surface area contributed by atoms with Crippen LogP contribution in [0.1, 0.15) is 15.9 Å². The average Bonchev–Trinajstić information content (AvgIpc) is 2.85.